The molecule has 0 bridgehead atoms. The first kappa shape index (κ1) is 18.7. The maximum atomic E-state index is 12.5. The normalized spacial score (nSPS) is 12.3. The summed E-state index contributed by atoms with van der Waals surface area (Å²) >= 11 is 7.62. The van der Waals surface area contributed by atoms with Crippen LogP contribution in [0.15, 0.2) is 29.4 Å². The topological polar surface area (TPSA) is 69.4 Å². The molecule has 6 nitrogen and oxygen atoms in total. The average Bonchev–Trinajstić information content (AvgIpc) is 3.02. The van der Waals surface area contributed by atoms with E-state index >= 15 is 0 Å². The lowest BCUT2D eigenvalue weighted by Gasteiger charge is -2.16. The summed E-state index contributed by atoms with van der Waals surface area (Å²) in [7, 11) is 0. The Labute approximate surface area is 160 Å². The Morgan fingerprint density at radius 1 is 1.31 bits per heavy atom. The highest BCUT2D eigenvalue weighted by Gasteiger charge is 2.19. The fourth-order valence-electron chi connectivity index (χ4n) is 2.78. The monoisotopic (exact) mass is 390 g/mol. The van der Waals surface area contributed by atoms with E-state index < -0.39 is 6.10 Å². The van der Waals surface area contributed by atoms with Crippen LogP contribution >= 0.6 is 23.4 Å². The zero-order valence-corrected chi connectivity index (χ0v) is 16.6. The van der Waals surface area contributed by atoms with Gasteiger partial charge in [-0.05, 0) is 33.1 Å². The van der Waals surface area contributed by atoms with E-state index in [4.69, 9.17) is 16.3 Å². The fraction of sp³-hybridized carbons (Fsp3) is 0.333. The van der Waals surface area contributed by atoms with Crippen LogP contribution in [-0.2, 0) is 16.0 Å². The Morgan fingerprint density at radius 2 is 2.04 bits per heavy atom. The van der Waals surface area contributed by atoms with Crippen LogP contribution in [0.1, 0.15) is 35.5 Å². The largest absolute Gasteiger partial charge is 0.457 e. The smallest absolute Gasteiger partial charge is 0.310 e. The van der Waals surface area contributed by atoms with E-state index in [1.54, 1.807) is 10.6 Å². The minimum absolute atomic E-state index is 0.115. The van der Waals surface area contributed by atoms with Gasteiger partial charge < -0.3 is 4.74 Å². The molecule has 0 spiro atoms. The highest BCUT2D eigenvalue weighted by atomic mass is 35.5. The Hall–Kier alpha value is -2.12. The van der Waals surface area contributed by atoms with E-state index in [-0.39, 0.29) is 12.4 Å². The highest BCUT2D eigenvalue weighted by molar-refractivity contribution is 7.98. The van der Waals surface area contributed by atoms with Crippen LogP contribution in [0, 0.1) is 13.8 Å². The van der Waals surface area contributed by atoms with Crippen LogP contribution in [0.2, 0.25) is 5.02 Å². The van der Waals surface area contributed by atoms with Crippen molar-refractivity contribution in [1.29, 1.82) is 0 Å². The van der Waals surface area contributed by atoms with Crippen molar-refractivity contribution in [3.8, 4) is 0 Å². The molecule has 3 aromatic rings. The molecule has 8 heteroatoms. The Morgan fingerprint density at radius 3 is 2.73 bits per heavy atom. The summed E-state index contributed by atoms with van der Waals surface area (Å²) in [5, 5.41) is 5.62. The van der Waals surface area contributed by atoms with Gasteiger partial charge in [0.1, 0.15) is 6.10 Å². The van der Waals surface area contributed by atoms with Crippen molar-refractivity contribution in [3.63, 3.8) is 0 Å². The molecule has 2 heterocycles. The third-order valence-corrected chi connectivity index (χ3v) is 5.07. The van der Waals surface area contributed by atoms with Gasteiger partial charge in [-0.15, -0.1) is 5.10 Å². The number of rotatable bonds is 5. The molecule has 136 valence electrons. The molecule has 2 aromatic heterocycles. The first-order valence-electron chi connectivity index (χ1n) is 8.11. The van der Waals surface area contributed by atoms with Crippen molar-refractivity contribution in [1.82, 2.24) is 19.6 Å². The van der Waals surface area contributed by atoms with Crippen molar-refractivity contribution in [3.05, 3.63) is 51.8 Å². The van der Waals surface area contributed by atoms with Crippen LogP contribution < -0.4 is 0 Å². The maximum Gasteiger partial charge on any atom is 0.310 e. The summed E-state index contributed by atoms with van der Waals surface area (Å²) in [5.74, 6) is 0.195. The second-order valence-electron chi connectivity index (χ2n) is 5.90. The molecule has 0 aliphatic carbocycles. The summed E-state index contributed by atoms with van der Waals surface area (Å²) < 4.78 is 7.23. The van der Waals surface area contributed by atoms with Crippen LogP contribution in [0.4, 0.5) is 0 Å². The van der Waals surface area contributed by atoms with Gasteiger partial charge in [0.15, 0.2) is 0 Å². The zero-order chi connectivity index (χ0) is 18.8. The van der Waals surface area contributed by atoms with Gasteiger partial charge >= 0.3 is 5.97 Å². The molecular weight excluding hydrogens is 372 g/mol. The predicted molar refractivity (Wildman–Crippen MR) is 102 cm³/mol. The summed E-state index contributed by atoms with van der Waals surface area (Å²) in [6.07, 6.45) is 1.60. The molecule has 0 amide bonds. The van der Waals surface area contributed by atoms with Gasteiger partial charge in [-0.25, -0.2) is 9.50 Å². The number of hydrogen-bond donors (Lipinski definition) is 0. The van der Waals surface area contributed by atoms with Gasteiger partial charge in [0, 0.05) is 27.5 Å². The standard InChI is InChI=1S/C18H19ClN4O2S/c1-10-14(11(2)23-17(20-10)21-18(22-23)26-4)9-16(24)25-12(3)13-7-5-6-8-15(13)19/h5-8,12H,9H2,1-4H3/t12-/m0/s1. The zero-order valence-electron chi connectivity index (χ0n) is 15.0. The molecule has 0 aliphatic rings. The molecular formula is C18H19ClN4O2S. The molecule has 26 heavy (non-hydrogen) atoms. The number of aromatic nitrogens is 4. The van der Waals surface area contributed by atoms with Gasteiger partial charge in [0.25, 0.3) is 5.78 Å². The van der Waals surface area contributed by atoms with Crippen molar-refractivity contribution < 1.29 is 9.53 Å². The third kappa shape index (κ3) is 3.68. The lowest BCUT2D eigenvalue weighted by Crippen LogP contribution is -2.15. The summed E-state index contributed by atoms with van der Waals surface area (Å²) in [5.41, 5.74) is 3.16. The highest BCUT2D eigenvalue weighted by Crippen LogP contribution is 2.26. The Bertz CT molecular complexity index is 973. The van der Waals surface area contributed by atoms with Crippen LogP contribution in [0.5, 0.6) is 0 Å². The van der Waals surface area contributed by atoms with E-state index in [9.17, 15) is 4.79 Å². The van der Waals surface area contributed by atoms with E-state index in [0.717, 1.165) is 22.5 Å². The summed E-state index contributed by atoms with van der Waals surface area (Å²) in [6, 6.07) is 7.34. The van der Waals surface area contributed by atoms with Crippen molar-refractivity contribution in [2.45, 2.75) is 38.5 Å². The van der Waals surface area contributed by atoms with Gasteiger partial charge in [0.05, 0.1) is 6.42 Å². The molecule has 1 aromatic carbocycles. The van der Waals surface area contributed by atoms with Gasteiger partial charge in [-0.1, -0.05) is 41.6 Å². The van der Waals surface area contributed by atoms with Gasteiger partial charge in [-0.3, -0.25) is 4.79 Å². The average molecular weight is 391 g/mol. The molecule has 0 fully saturated rings. The first-order chi connectivity index (χ1) is 12.4. The van der Waals surface area contributed by atoms with Crippen molar-refractivity contribution in [2.24, 2.45) is 0 Å². The Kier molecular flexibility index (Phi) is 5.48. The molecule has 0 unspecified atom stereocenters. The van der Waals surface area contributed by atoms with E-state index in [0.29, 0.717) is 16.0 Å². The van der Waals surface area contributed by atoms with E-state index in [2.05, 4.69) is 15.1 Å². The van der Waals surface area contributed by atoms with Crippen molar-refractivity contribution in [2.75, 3.05) is 6.26 Å². The number of nitrogens with zero attached hydrogens (tertiary/aromatic N) is 4. The lowest BCUT2D eigenvalue weighted by atomic mass is 10.1. The van der Waals surface area contributed by atoms with Crippen LogP contribution in [-0.4, -0.2) is 31.8 Å². The number of halogens is 1. The Balaban J connectivity index is 1.82. The van der Waals surface area contributed by atoms with Crippen molar-refractivity contribution >= 4 is 35.1 Å². The molecule has 0 saturated heterocycles. The van der Waals surface area contributed by atoms with Crippen LogP contribution in [0.25, 0.3) is 5.78 Å². The van der Waals surface area contributed by atoms with Crippen LogP contribution in [0.3, 0.4) is 0 Å². The second kappa shape index (κ2) is 7.63. The van der Waals surface area contributed by atoms with Gasteiger partial charge in [0.2, 0.25) is 5.16 Å². The lowest BCUT2D eigenvalue weighted by molar-refractivity contribution is -0.147. The number of benzene rings is 1. The molecule has 0 saturated carbocycles. The predicted octanol–water partition coefficient (Wildman–Crippen LogP) is 3.96. The minimum atomic E-state index is -0.428. The molecule has 0 N–H and O–H groups in total. The van der Waals surface area contributed by atoms with E-state index in [1.165, 1.54) is 11.8 Å². The number of esters is 1. The second-order valence-corrected chi connectivity index (χ2v) is 7.08. The molecule has 1 atom stereocenters. The number of carbonyl (C=O) groups is 1. The number of hydrogen-bond acceptors (Lipinski definition) is 6. The number of thioether (sulfide) groups is 1. The number of carbonyl (C=O) groups excluding carboxylic acids is 1. The number of aryl methyl sites for hydroxylation is 2. The fourth-order valence-corrected chi connectivity index (χ4v) is 3.41. The SMILES string of the molecule is CSc1nc2nc(C)c(CC(=O)O[C@@H](C)c3ccccc3Cl)c(C)n2n1. The number of fused-ring (bicyclic) bond motifs is 1. The van der Waals surface area contributed by atoms with E-state index in [1.807, 2.05) is 45.2 Å². The van der Waals surface area contributed by atoms with Gasteiger partial charge in [-0.2, -0.15) is 4.98 Å². The first-order valence-corrected chi connectivity index (χ1v) is 9.71. The minimum Gasteiger partial charge on any atom is -0.457 e. The molecule has 3 rings (SSSR count). The number of ether oxygens (including phenoxy) is 1. The molecule has 0 radical (unpaired) electrons. The molecule has 0 aliphatic heterocycles. The maximum absolute atomic E-state index is 12.5. The quantitative estimate of drug-likeness (QED) is 0.485. The summed E-state index contributed by atoms with van der Waals surface area (Å²) in [4.78, 5) is 21.3. The summed E-state index contributed by atoms with van der Waals surface area (Å²) in [6.45, 7) is 5.57. The third-order valence-electron chi connectivity index (χ3n) is 4.18.